The number of hydrogen-bond acceptors (Lipinski definition) is 4. The molecule has 0 aliphatic carbocycles. The number of nitrogens with one attached hydrogen (secondary N) is 1. The summed E-state index contributed by atoms with van der Waals surface area (Å²) in [5.41, 5.74) is 4.63. The summed E-state index contributed by atoms with van der Waals surface area (Å²) in [6.45, 7) is 4.78. The van der Waals surface area contributed by atoms with Gasteiger partial charge in [0.2, 0.25) is 0 Å². The Labute approximate surface area is 314 Å². The first-order valence-electron chi connectivity index (χ1n) is 18.4. The van der Waals surface area contributed by atoms with Crippen LogP contribution in [0.15, 0.2) is 109 Å². The third kappa shape index (κ3) is 15.9. The van der Waals surface area contributed by atoms with Crippen LogP contribution in [0.25, 0.3) is 0 Å². The molecule has 5 nitrogen and oxygen atoms in total. The molecular formula is C43H60Cl2N2O3. The first-order chi connectivity index (χ1) is 23.6. The van der Waals surface area contributed by atoms with Crippen LogP contribution in [0.4, 0.5) is 0 Å². The molecule has 0 aromatic heterocycles. The summed E-state index contributed by atoms with van der Waals surface area (Å²) in [6.07, 6.45) is 13.8. The minimum Gasteiger partial charge on any atom is -1.00 e. The Morgan fingerprint density at radius 2 is 1.02 bits per heavy atom. The largest absolute Gasteiger partial charge is 1.00 e. The van der Waals surface area contributed by atoms with Crippen LogP contribution in [0.1, 0.15) is 80.0 Å². The number of halogens is 2. The molecule has 2 atom stereocenters. The predicted octanol–water partition coefficient (Wildman–Crippen LogP) is 6.03. The number of aliphatic hydroxyl groups is 1. The molecule has 0 spiro atoms. The van der Waals surface area contributed by atoms with E-state index >= 15 is 0 Å². The fourth-order valence-corrected chi connectivity index (χ4v) is 7.02. The maximum Gasteiger partial charge on any atom is 0.118 e. The van der Waals surface area contributed by atoms with Crippen LogP contribution in [0.5, 0.6) is 11.5 Å². The highest BCUT2D eigenvalue weighted by atomic mass is 35.5. The van der Waals surface area contributed by atoms with Crippen LogP contribution >= 0.6 is 12.4 Å². The van der Waals surface area contributed by atoms with E-state index < -0.39 is 0 Å². The summed E-state index contributed by atoms with van der Waals surface area (Å²) < 4.78 is 0.849. The molecule has 0 radical (unpaired) electrons. The Hall–Kier alpha value is -3.06. The van der Waals surface area contributed by atoms with Crippen molar-refractivity contribution in [3.63, 3.8) is 0 Å². The lowest BCUT2D eigenvalue weighted by Gasteiger charge is -2.39. The van der Waals surface area contributed by atoms with Gasteiger partial charge in [0.25, 0.3) is 0 Å². The molecule has 2 unspecified atom stereocenters. The summed E-state index contributed by atoms with van der Waals surface area (Å²) in [7, 11) is 0. The number of nitrogens with zero attached hydrogens (tertiary/aromatic N) is 1. The lowest BCUT2D eigenvalue weighted by atomic mass is 9.98. The van der Waals surface area contributed by atoms with E-state index in [2.05, 4.69) is 66.0 Å². The van der Waals surface area contributed by atoms with E-state index in [9.17, 15) is 15.3 Å². The van der Waals surface area contributed by atoms with Gasteiger partial charge in [0.1, 0.15) is 24.6 Å². The molecule has 0 amide bonds. The zero-order chi connectivity index (χ0) is 33.7. The molecule has 0 saturated carbocycles. The quantitative estimate of drug-likeness (QED) is 0.0527. The lowest BCUT2D eigenvalue weighted by Crippen LogP contribution is -3.00. The van der Waals surface area contributed by atoms with Crippen molar-refractivity contribution in [2.45, 2.75) is 89.6 Å². The van der Waals surface area contributed by atoms with Gasteiger partial charge in [-0.15, -0.1) is 12.4 Å². The van der Waals surface area contributed by atoms with Crippen molar-refractivity contribution < 1.29 is 32.2 Å². The number of aromatic hydroxyl groups is 2. The Morgan fingerprint density at radius 3 is 1.60 bits per heavy atom. The zero-order valence-electron chi connectivity index (χ0n) is 29.8. The number of unbranched alkanes of at least 4 members (excludes halogenated alkanes) is 8. The third-order valence-corrected chi connectivity index (χ3v) is 9.81. The minimum absolute atomic E-state index is 0. The first kappa shape index (κ1) is 43.1. The highest BCUT2D eigenvalue weighted by Gasteiger charge is 2.27. The summed E-state index contributed by atoms with van der Waals surface area (Å²) in [4.78, 5) is 0. The molecular weight excluding hydrogens is 663 g/mol. The Balaban J connectivity index is 0.00000433. The van der Waals surface area contributed by atoms with Gasteiger partial charge in [-0.1, -0.05) is 136 Å². The number of benzene rings is 4. The Morgan fingerprint density at radius 1 is 0.520 bits per heavy atom. The second-order valence-electron chi connectivity index (χ2n) is 13.6. The fraction of sp³-hybridized carbons (Fsp3) is 0.442. The second-order valence-corrected chi connectivity index (χ2v) is 13.6. The predicted molar refractivity (Wildman–Crippen MR) is 206 cm³/mol. The van der Waals surface area contributed by atoms with Crippen molar-refractivity contribution in [1.82, 2.24) is 5.32 Å². The van der Waals surface area contributed by atoms with Crippen LogP contribution in [0.3, 0.4) is 0 Å². The molecule has 0 aliphatic rings. The van der Waals surface area contributed by atoms with Crippen molar-refractivity contribution in [2.75, 3.05) is 32.8 Å². The fourth-order valence-electron chi connectivity index (χ4n) is 7.02. The van der Waals surface area contributed by atoms with Crippen LogP contribution < -0.4 is 17.7 Å². The molecule has 4 aromatic carbocycles. The van der Waals surface area contributed by atoms with Gasteiger partial charge in [-0.2, -0.15) is 0 Å². The van der Waals surface area contributed by atoms with Gasteiger partial charge < -0.3 is 37.5 Å². The molecule has 0 saturated heterocycles. The maximum absolute atomic E-state index is 10.4. The third-order valence-electron chi connectivity index (χ3n) is 9.81. The zero-order valence-corrected chi connectivity index (χ0v) is 31.3. The smallest absolute Gasteiger partial charge is 0.118 e. The molecule has 50 heavy (non-hydrogen) atoms. The van der Waals surface area contributed by atoms with Gasteiger partial charge >= 0.3 is 0 Å². The first-order valence-corrected chi connectivity index (χ1v) is 18.4. The highest BCUT2D eigenvalue weighted by Crippen LogP contribution is 2.23. The van der Waals surface area contributed by atoms with Crippen molar-refractivity contribution in [2.24, 2.45) is 0 Å². The van der Waals surface area contributed by atoms with E-state index in [4.69, 9.17) is 0 Å². The maximum atomic E-state index is 10.4. The molecule has 4 aromatic rings. The molecule has 0 heterocycles. The SMILES string of the molecule is Cl.OCC[N+](CCCCCCCCCCCNC(Cc1ccccc1)Cc1ccccc1O)(CCc1ccccc1O)Cc1ccccc1.[Cl-]. The number of phenolic OH excluding ortho intramolecular Hbond substituents is 2. The molecule has 274 valence electrons. The average molecular weight is 724 g/mol. The normalized spacial score (nSPS) is 12.7. The minimum atomic E-state index is 0. The Bertz CT molecular complexity index is 1430. The lowest BCUT2D eigenvalue weighted by molar-refractivity contribution is -0.941. The van der Waals surface area contributed by atoms with Crippen molar-refractivity contribution in [3.05, 3.63) is 131 Å². The highest BCUT2D eigenvalue weighted by molar-refractivity contribution is 5.85. The van der Waals surface area contributed by atoms with Gasteiger partial charge in [-0.05, 0) is 67.5 Å². The van der Waals surface area contributed by atoms with Crippen LogP contribution in [0, 0.1) is 0 Å². The van der Waals surface area contributed by atoms with E-state index in [1.54, 1.807) is 12.1 Å². The number of para-hydroxylation sites is 2. The van der Waals surface area contributed by atoms with E-state index in [0.29, 0.717) is 17.5 Å². The topological polar surface area (TPSA) is 72.7 Å². The molecule has 4 N–H and O–H groups in total. The van der Waals surface area contributed by atoms with Crippen LogP contribution in [-0.2, 0) is 25.8 Å². The van der Waals surface area contributed by atoms with Gasteiger partial charge in [0.15, 0.2) is 0 Å². The number of aliphatic hydroxyl groups excluding tert-OH is 1. The molecule has 0 fully saturated rings. The molecule has 0 aliphatic heterocycles. The monoisotopic (exact) mass is 722 g/mol. The van der Waals surface area contributed by atoms with E-state index in [1.807, 2.05) is 36.4 Å². The van der Waals surface area contributed by atoms with Gasteiger partial charge in [0, 0.05) is 18.0 Å². The van der Waals surface area contributed by atoms with Crippen LogP contribution in [0.2, 0.25) is 0 Å². The van der Waals surface area contributed by atoms with E-state index in [0.717, 1.165) is 74.0 Å². The van der Waals surface area contributed by atoms with Crippen molar-refractivity contribution in [1.29, 1.82) is 0 Å². The second kappa shape index (κ2) is 25.0. The van der Waals surface area contributed by atoms with Crippen molar-refractivity contribution in [3.8, 4) is 11.5 Å². The standard InChI is InChI=1S/C43H58N2O3.2ClH/c46-33-32-45(36-38-22-12-9-13-23-38,31-28-39-24-14-16-26-42(39)47)30-19-7-5-3-1-2-4-6-18-29-44-41(34-37-20-10-8-11-21-37)35-40-25-15-17-27-43(40)48;;/h8-17,20-27,41,44,46H,1-7,18-19,28-36H2,(H-,47,48);2*1H. The van der Waals surface area contributed by atoms with E-state index in [1.165, 1.54) is 62.5 Å². The van der Waals surface area contributed by atoms with E-state index in [-0.39, 0.29) is 31.4 Å². The van der Waals surface area contributed by atoms with Gasteiger partial charge in [-0.25, -0.2) is 0 Å². The summed E-state index contributed by atoms with van der Waals surface area (Å²) >= 11 is 0. The molecule has 0 bridgehead atoms. The number of rotatable bonds is 24. The van der Waals surface area contributed by atoms with Gasteiger partial charge in [0.05, 0.1) is 19.7 Å². The number of hydrogen-bond donors (Lipinski definition) is 4. The van der Waals surface area contributed by atoms with Gasteiger partial charge in [-0.3, -0.25) is 0 Å². The number of quaternary nitrogens is 1. The summed E-state index contributed by atoms with van der Waals surface area (Å²) in [5, 5.41) is 34.6. The van der Waals surface area contributed by atoms with Crippen molar-refractivity contribution >= 4 is 12.4 Å². The molecule has 4 rings (SSSR count). The summed E-state index contributed by atoms with van der Waals surface area (Å²) in [5.74, 6) is 0.754. The average Bonchev–Trinajstić information content (AvgIpc) is 3.10. The summed E-state index contributed by atoms with van der Waals surface area (Å²) in [6, 6.07) is 36.9. The van der Waals surface area contributed by atoms with Crippen LogP contribution in [-0.4, -0.2) is 58.6 Å². The number of phenols is 2. The molecule has 7 heteroatoms. The Kier molecular flexibility index (Phi) is 21.5.